The molecule has 2 aromatic carbocycles. The van der Waals surface area contributed by atoms with Crippen molar-refractivity contribution in [3.8, 4) is 5.75 Å². The molecule has 5 heteroatoms. The van der Waals surface area contributed by atoms with Gasteiger partial charge < -0.3 is 15.0 Å². The highest BCUT2D eigenvalue weighted by atomic mass is 19.1. The smallest absolute Gasteiger partial charge is 0.255 e. The third-order valence-corrected chi connectivity index (χ3v) is 3.04. The van der Waals surface area contributed by atoms with Gasteiger partial charge in [-0.25, -0.2) is 4.39 Å². The summed E-state index contributed by atoms with van der Waals surface area (Å²) >= 11 is 0. The number of amides is 1. The van der Waals surface area contributed by atoms with Crippen LogP contribution in [0, 0.1) is 5.82 Å². The Morgan fingerprint density at radius 3 is 2.62 bits per heavy atom. The third-order valence-electron chi connectivity index (χ3n) is 3.04. The second kappa shape index (κ2) is 6.26. The predicted octanol–water partition coefficient (Wildman–Crippen LogP) is 3.15. The Morgan fingerprint density at radius 2 is 1.95 bits per heavy atom. The van der Waals surface area contributed by atoms with Crippen molar-refractivity contribution in [2.75, 3.05) is 31.4 Å². The van der Waals surface area contributed by atoms with Gasteiger partial charge in [0, 0.05) is 31.4 Å². The quantitative estimate of drug-likeness (QED) is 0.939. The van der Waals surface area contributed by atoms with Crippen LogP contribution < -0.4 is 15.0 Å². The first-order valence-electron chi connectivity index (χ1n) is 6.43. The number of ether oxygens (including phenoxy) is 1. The highest BCUT2D eigenvalue weighted by Gasteiger charge is 2.11. The van der Waals surface area contributed by atoms with Crippen LogP contribution in [0.3, 0.4) is 0 Å². The number of hydrogen-bond acceptors (Lipinski definition) is 3. The van der Waals surface area contributed by atoms with Gasteiger partial charge in [0.15, 0.2) is 0 Å². The van der Waals surface area contributed by atoms with E-state index in [1.807, 2.05) is 31.1 Å². The summed E-state index contributed by atoms with van der Waals surface area (Å²) in [7, 11) is 5.23. The lowest BCUT2D eigenvalue weighted by molar-refractivity contribution is 0.102. The zero-order valence-electron chi connectivity index (χ0n) is 12.2. The van der Waals surface area contributed by atoms with E-state index in [1.54, 1.807) is 12.1 Å². The first-order chi connectivity index (χ1) is 10.0. The lowest BCUT2D eigenvalue weighted by Crippen LogP contribution is -2.14. The zero-order valence-corrected chi connectivity index (χ0v) is 12.2. The highest BCUT2D eigenvalue weighted by Crippen LogP contribution is 2.25. The van der Waals surface area contributed by atoms with Gasteiger partial charge in [-0.05, 0) is 30.3 Å². The summed E-state index contributed by atoms with van der Waals surface area (Å²) in [5.74, 6) is -0.407. The standard InChI is InChI=1S/C16H17FN2O2/c1-19(2)13-6-4-5-11(9-13)16(20)18-14-8-7-12(17)10-15(14)21-3/h4-10H,1-3H3,(H,18,20). The monoisotopic (exact) mass is 288 g/mol. The Morgan fingerprint density at radius 1 is 1.19 bits per heavy atom. The van der Waals surface area contributed by atoms with Gasteiger partial charge in [0.2, 0.25) is 0 Å². The number of rotatable bonds is 4. The number of nitrogens with zero attached hydrogens (tertiary/aromatic N) is 1. The maximum absolute atomic E-state index is 13.1. The number of hydrogen-bond donors (Lipinski definition) is 1. The lowest BCUT2D eigenvalue weighted by Gasteiger charge is -2.14. The molecule has 0 aliphatic rings. The molecule has 21 heavy (non-hydrogen) atoms. The molecule has 0 heterocycles. The van der Waals surface area contributed by atoms with Crippen LogP contribution in [0.15, 0.2) is 42.5 Å². The van der Waals surface area contributed by atoms with Crippen molar-refractivity contribution in [1.82, 2.24) is 0 Å². The summed E-state index contributed by atoms with van der Waals surface area (Å²) in [5.41, 5.74) is 1.88. The molecule has 4 nitrogen and oxygen atoms in total. The van der Waals surface area contributed by atoms with Crippen molar-refractivity contribution < 1.29 is 13.9 Å². The number of nitrogens with one attached hydrogen (secondary N) is 1. The Bertz CT molecular complexity index is 656. The van der Waals surface area contributed by atoms with Crippen LogP contribution in [0.25, 0.3) is 0 Å². The third kappa shape index (κ3) is 3.51. The Kier molecular flexibility index (Phi) is 4.42. The molecule has 0 unspecified atom stereocenters. The molecule has 1 N–H and O–H groups in total. The first-order valence-corrected chi connectivity index (χ1v) is 6.43. The number of halogens is 1. The van der Waals surface area contributed by atoms with Crippen LogP contribution >= 0.6 is 0 Å². The topological polar surface area (TPSA) is 41.6 Å². The molecular formula is C16H17FN2O2. The summed E-state index contributed by atoms with van der Waals surface area (Å²) in [6.45, 7) is 0. The van der Waals surface area contributed by atoms with Crippen LogP contribution in [-0.2, 0) is 0 Å². The summed E-state index contributed by atoms with van der Waals surface area (Å²) in [5, 5.41) is 2.72. The van der Waals surface area contributed by atoms with E-state index in [0.717, 1.165) is 5.69 Å². The molecule has 0 fully saturated rings. The minimum absolute atomic E-state index is 0.274. The largest absolute Gasteiger partial charge is 0.494 e. The second-order valence-electron chi connectivity index (χ2n) is 4.74. The molecule has 0 spiro atoms. The molecule has 1 amide bonds. The average Bonchev–Trinajstić information content (AvgIpc) is 2.49. The van der Waals surface area contributed by atoms with Crippen LogP contribution in [0.5, 0.6) is 5.75 Å². The van der Waals surface area contributed by atoms with Gasteiger partial charge in [0.25, 0.3) is 5.91 Å². The second-order valence-corrected chi connectivity index (χ2v) is 4.74. The molecular weight excluding hydrogens is 271 g/mol. The van der Waals surface area contributed by atoms with E-state index >= 15 is 0 Å². The number of methoxy groups -OCH3 is 1. The van der Waals surface area contributed by atoms with Crippen molar-refractivity contribution in [3.63, 3.8) is 0 Å². The van der Waals surface area contributed by atoms with E-state index < -0.39 is 5.82 Å². The lowest BCUT2D eigenvalue weighted by atomic mass is 10.1. The molecule has 2 aromatic rings. The van der Waals surface area contributed by atoms with E-state index in [-0.39, 0.29) is 11.7 Å². The van der Waals surface area contributed by atoms with Crippen LogP contribution in [0.4, 0.5) is 15.8 Å². The normalized spacial score (nSPS) is 10.1. The molecule has 0 radical (unpaired) electrons. The minimum Gasteiger partial charge on any atom is -0.494 e. The van der Waals surface area contributed by atoms with E-state index in [9.17, 15) is 9.18 Å². The van der Waals surface area contributed by atoms with Crippen molar-refractivity contribution in [2.45, 2.75) is 0 Å². The van der Waals surface area contributed by atoms with Gasteiger partial charge in [-0.2, -0.15) is 0 Å². The van der Waals surface area contributed by atoms with E-state index in [0.29, 0.717) is 11.3 Å². The number of carbonyl (C=O) groups excluding carboxylic acids is 1. The molecule has 2 rings (SSSR count). The van der Waals surface area contributed by atoms with Crippen molar-refractivity contribution in [3.05, 3.63) is 53.8 Å². The van der Waals surface area contributed by atoms with Gasteiger partial charge >= 0.3 is 0 Å². The maximum atomic E-state index is 13.1. The van der Waals surface area contributed by atoms with Crippen LogP contribution in [0.2, 0.25) is 0 Å². The molecule has 0 saturated carbocycles. The minimum atomic E-state index is -0.417. The fourth-order valence-electron chi connectivity index (χ4n) is 1.89. The molecule has 0 aliphatic carbocycles. The molecule has 0 bridgehead atoms. The van der Waals surface area contributed by atoms with Crippen LogP contribution in [-0.4, -0.2) is 27.1 Å². The van der Waals surface area contributed by atoms with E-state index in [4.69, 9.17) is 4.74 Å². The molecule has 0 saturated heterocycles. The summed E-state index contributed by atoms with van der Waals surface area (Å²) in [4.78, 5) is 14.2. The maximum Gasteiger partial charge on any atom is 0.255 e. The average molecular weight is 288 g/mol. The molecule has 0 aromatic heterocycles. The van der Waals surface area contributed by atoms with Gasteiger partial charge in [0.05, 0.1) is 12.8 Å². The summed E-state index contributed by atoms with van der Waals surface area (Å²) in [6.07, 6.45) is 0. The Labute approximate surface area is 123 Å². The summed E-state index contributed by atoms with van der Waals surface area (Å²) < 4.78 is 18.2. The fourth-order valence-corrected chi connectivity index (χ4v) is 1.89. The Balaban J connectivity index is 2.24. The van der Waals surface area contributed by atoms with Gasteiger partial charge in [0.1, 0.15) is 11.6 Å². The number of anilines is 2. The first kappa shape index (κ1) is 14.8. The number of carbonyl (C=O) groups is 1. The molecule has 110 valence electrons. The van der Waals surface area contributed by atoms with Crippen molar-refractivity contribution in [1.29, 1.82) is 0 Å². The van der Waals surface area contributed by atoms with Gasteiger partial charge in [-0.1, -0.05) is 6.07 Å². The fraction of sp³-hybridized carbons (Fsp3) is 0.188. The van der Waals surface area contributed by atoms with E-state index in [2.05, 4.69) is 5.32 Å². The Hall–Kier alpha value is -2.56. The van der Waals surface area contributed by atoms with E-state index in [1.165, 1.54) is 25.3 Å². The molecule has 0 aliphatic heterocycles. The SMILES string of the molecule is COc1cc(F)ccc1NC(=O)c1cccc(N(C)C)c1. The van der Waals surface area contributed by atoms with Crippen molar-refractivity contribution in [2.24, 2.45) is 0 Å². The zero-order chi connectivity index (χ0) is 15.4. The highest BCUT2D eigenvalue weighted by molar-refractivity contribution is 6.05. The predicted molar refractivity (Wildman–Crippen MR) is 81.7 cm³/mol. The van der Waals surface area contributed by atoms with Crippen molar-refractivity contribution >= 4 is 17.3 Å². The van der Waals surface area contributed by atoms with Gasteiger partial charge in [-0.15, -0.1) is 0 Å². The molecule has 0 atom stereocenters. The van der Waals surface area contributed by atoms with Gasteiger partial charge in [-0.3, -0.25) is 4.79 Å². The number of benzene rings is 2. The summed E-state index contributed by atoms with van der Waals surface area (Å²) in [6, 6.07) is 11.2. The van der Waals surface area contributed by atoms with Crippen LogP contribution in [0.1, 0.15) is 10.4 Å².